The molecular formula is C15H22N4S. The molecule has 0 aliphatic rings. The average molecular weight is 290 g/mol. The Morgan fingerprint density at radius 1 is 1.20 bits per heavy atom. The Hall–Kier alpha value is -1.49. The van der Waals surface area contributed by atoms with Gasteiger partial charge in [-0.25, -0.2) is 15.0 Å². The fourth-order valence-electron chi connectivity index (χ4n) is 2.23. The number of thiazole rings is 1. The summed E-state index contributed by atoms with van der Waals surface area (Å²) in [5, 5.41) is 6.48. The van der Waals surface area contributed by atoms with Crippen LogP contribution >= 0.6 is 11.3 Å². The van der Waals surface area contributed by atoms with Crippen LogP contribution in [0, 0.1) is 13.8 Å². The van der Waals surface area contributed by atoms with Crippen LogP contribution in [0.3, 0.4) is 0 Å². The normalized spacial score (nSPS) is 11.1. The number of rotatable bonds is 5. The molecule has 0 spiro atoms. The molecule has 2 heterocycles. The highest BCUT2D eigenvalue weighted by Crippen LogP contribution is 2.28. The first kappa shape index (κ1) is 14.9. The minimum absolute atomic E-state index is 0.403. The SMILES string of the molecule is CCCNc1nc(-c2csc(C)n2)nc(C)c1C(C)C. The van der Waals surface area contributed by atoms with E-state index in [1.54, 1.807) is 11.3 Å². The Morgan fingerprint density at radius 3 is 2.50 bits per heavy atom. The van der Waals surface area contributed by atoms with Crippen LogP contribution in [0.1, 0.15) is 49.4 Å². The third kappa shape index (κ3) is 3.15. The van der Waals surface area contributed by atoms with Gasteiger partial charge in [0.1, 0.15) is 11.5 Å². The van der Waals surface area contributed by atoms with E-state index in [1.807, 2.05) is 12.3 Å². The topological polar surface area (TPSA) is 50.7 Å². The number of aryl methyl sites for hydroxylation is 2. The molecule has 20 heavy (non-hydrogen) atoms. The van der Waals surface area contributed by atoms with E-state index >= 15 is 0 Å². The molecule has 0 saturated heterocycles. The van der Waals surface area contributed by atoms with Crippen molar-refractivity contribution < 1.29 is 0 Å². The van der Waals surface area contributed by atoms with E-state index in [-0.39, 0.29) is 0 Å². The molecule has 2 aromatic rings. The first-order valence-corrected chi connectivity index (χ1v) is 7.95. The predicted octanol–water partition coefficient (Wildman–Crippen LogP) is 4.16. The van der Waals surface area contributed by atoms with Crippen LogP contribution in [-0.2, 0) is 0 Å². The molecular weight excluding hydrogens is 268 g/mol. The Morgan fingerprint density at radius 2 is 1.95 bits per heavy atom. The summed E-state index contributed by atoms with van der Waals surface area (Å²) in [6, 6.07) is 0. The summed E-state index contributed by atoms with van der Waals surface area (Å²) >= 11 is 1.63. The molecule has 0 saturated carbocycles. The van der Waals surface area contributed by atoms with Crippen LogP contribution in [0.15, 0.2) is 5.38 Å². The van der Waals surface area contributed by atoms with E-state index in [9.17, 15) is 0 Å². The lowest BCUT2D eigenvalue weighted by molar-refractivity contribution is 0.826. The highest BCUT2D eigenvalue weighted by atomic mass is 32.1. The zero-order valence-electron chi connectivity index (χ0n) is 12.8. The van der Waals surface area contributed by atoms with Crippen molar-refractivity contribution in [3.05, 3.63) is 21.6 Å². The Kier molecular flexibility index (Phi) is 4.70. The van der Waals surface area contributed by atoms with Gasteiger partial charge in [-0.2, -0.15) is 0 Å². The molecule has 0 unspecified atom stereocenters. The van der Waals surface area contributed by atoms with Crippen LogP contribution in [0.2, 0.25) is 0 Å². The third-order valence-corrected chi connectivity index (χ3v) is 3.88. The average Bonchev–Trinajstić information content (AvgIpc) is 2.81. The smallest absolute Gasteiger partial charge is 0.181 e. The van der Waals surface area contributed by atoms with E-state index in [0.29, 0.717) is 5.92 Å². The van der Waals surface area contributed by atoms with Crippen molar-refractivity contribution in [2.75, 3.05) is 11.9 Å². The predicted molar refractivity (Wildman–Crippen MR) is 85.5 cm³/mol. The molecule has 0 fully saturated rings. The van der Waals surface area contributed by atoms with Gasteiger partial charge in [-0.05, 0) is 26.2 Å². The monoisotopic (exact) mass is 290 g/mol. The van der Waals surface area contributed by atoms with Gasteiger partial charge in [0.05, 0.1) is 5.01 Å². The van der Waals surface area contributed by atoms with Crippen molar-refractivity contribution in [1.82, 2.24) is 15.0 Å². The molecule has 0 aromatic carbocycles. The quantitative estimate of drug-likeness (QED) is 0.898. The maximum absolute atomic E-state index is 4.70. The number of anilines is 1. The number of hydrogen-bond acceptors (Lipinski definition) is 5. The number of nitrogens with one attached hydrogen (secondary N) is 1. The Labute approximate surface area is 124 Å². The van der Waals surface area contributed by atoms with Gasteiger partial charge in [0.15, 0.2) is 5.82 Å². The summed E-state index contributed by atoms with van der Waals surface area (Å²) in [6.07, 6.45) is 1.08. The molecule has 0 bridgehead atoms. The van der Waals surface area contributed by atoms with Gasteiger partial charge in [0.2, 0.25) is 0 Å². The largest absolute Gasteiger partial charge is 0.370 e. The Balaban J connectivity index is 2.48. The molecule has 0 aliphatic heterocycles. The molecule has 108 valence electrons. The maximum atomic E-state index is 4.70. The van der Waals surface area contributed by atoms with E-state index in [4.69, 9.17) is 4.98 Å². The van der Waals surface area contributed by atoms with E-state index in [2.05, 4.69) is 43.0 Å². The summed E-state index contributed by atoms with van der Waals surface area (Å²) in [4.78, 5) is 13.8. The summed E-state index contributed by atoms with van der Waals surface area (Å²) in [5.41, 5.74) is 3.11. The summed E-state index contributed by atoms with van der Waals surface area (Å²) in [6.45, 7) is 11.5. The fraction of sp³-hybridized carbons (Fsp3) is 0.533. The molecule has 1 N–H and O–H groups in total. The van der Waals surface area contributed by atoms with Gasteiger partial charge >= 0.3 is 0 Å². The second-order valence-electron chi connectivity index (χ2n) is 5.23. The lowest BCUT2D eigenvalue weighted by Gasteiger charge is -2.16. The number of hydrogen-bond donors (Lipinski definition) is 1. The standard InChI is InChI=1S/C15H22N4S/c1-6-7-16-15-13(9(2)3)10(4)17-14(19-15)12-8-20-11(5)18-12/h8-9H,6-7H2,1-5H3,(H,16,17,19). The van der Waals surface area contributed by atoms with Gasteiger partial charge in [-0.1, -0.05) is 20.8 Å². The molecule has 2 aromatic heterocycles. The van der Waals surface area contributed by atoms with Crippen molar-refractivity contribution in [2.45, 2.75) is 47.0 Å². The minimum Gasteiger partial charge on any atom is -0.370 e. The molecule has 4 nitrogen and oxygen atoms in total. The zero-order valence-corrected chi connectivity index (χ0v) is 13.6. The molecule has 0 atom stereocenters. The van der Waals surface area contributed by atoms with Crippen molar-refractivity contribution in [1.29, 1.82) is 0 Å². The fourth-order valence-corrected chi connectivity index (χ4v) is 2.82. The molecule has 0 aliphatic carbocycles. The first-order valence-electron chi connectivity index (χ1n) is 7.07. The summed E-state index contributed by atoms with van der Waals surface area (Å²) in [7, 11) is 0. The van der Waals surface area contributed by atoms with E-state index in [1.165, 1.54) is 5.56 Å². The molecule has 0 radical (unpaired) electrons. The van der Waals surface area contributed by atoms with Crippen molar-refractivity contribution in [3.63, 3.8) is 0 Å². The molecule has 0 amide bonds. The highest BCUT2D eigenvalue weighted by Gasteiger charge is 2.16. The van der Waals surface area contributed by atoms with Crippen LogP contribution in [0.25, 0.3) is 11.5 Å². The second kappa shape index (κ2) is 6.31. The van der Waals surface area contributed by atoms with Gasteiger partial charge in [0, 0.05) is 23.2 Å². The van der Waals surface area contributed by atoms with Gasteiger partial charge in [0.25, 0.3) is 0 Å². The van der Waals surface area contributed by atoms with E-state index in [0.717, 1.165) is 41.0 Å². The summed E-state index contributed by atoms with van der Waals surface area (Å²) in [5.74, 6) is 2.07. The lowest BCUT2D eigenvalue weighted by atomic mass is 10.0. The third-order valence-electron chi connectivity index (χ3n) is 3.10. The first-order chi connectivity index (χ1) is 9.52. The summed E-state index contributed by atoms with van der Waals surface area (Å²) < 4.78 is 0. The van der Waals surface area contributed by atoms with Crippen LogP contribution < -0.4 is 5.32 Å². The van der Waals surface area contributed by atoms with Crippen molar-refractivity contribution in [3.8, 4) is 11.5 Å². The van der Waals surface area contributed by atoms with Gasteiger partial charge in [-0.15, -0.1) is 11.3 Å². The van der Waals surface area contributed by atoms with Crippen molar-refractivity contribution in [2.24, 2.45) is 0 Å². The molecule has 5 heteroatoms. The van der Waals surface area contributed by atoms with Crippen LogP contribution in [0.4, 0.5) is 5.82 Å². The number of aromatic nitrogens is 3. The molecule has 2 rings (SSSR count). The van der Waals surface area contributed by atoms with Crippen LogP contribution in [0.5, 0.6) is 0 Å². The second-order valence-corrected chi connectivity index (χ2v) is 6.29. The van der Waals surface area contributed by atoms with E-state index < -0.39 is 0 Å². The lowest BCUT2D eigenvalue weighted by Crippen LogP contribution is -2.10. The van der Waals surface area contributed by atoms with Crippen molar-refractivity contribution >= 4 is 17.2 Å². The highest BCUT2D eigenvalue weighted by molar-refractivity contribution is 7.09. The zero-order chi connectivity index (χ0) is 14.7. The van der Waals surface area contributed by atoms with Gasteiger partial charge < -0.3 is 5.32 Å². The Bertz CT molecular complexity index is 590. The number of nitrogens with zero attached hydrogens (tertiary/aromatic N) is 3. The van der Waals surface area contributed by atoms with Crippen LogP contribution in [-0.4, -0.2) is 21.5 Å². The minimum atomic E-state index is 0.403. The maximum Gasteiger partial charge on any atom is 0.181 e. The van der Waals surface area contributed by atoms with Gasteiger partial charge in [-0.3, -0.25) is 0 Å².